The highest BCUT2D eigenvalue weighted by atomic mass is 19.1. The predicted octanol–water partition coefficient (Wildman–Crippen LogP) is 1.79. The lowest BCUT2D eigenvalue weighted by Crippen LogP contribution is -2.46. The molecule has 1 aliphatic heterocycles. The third-order valence-corrected chi connectivity index (χ3v) is 4.09. The van der Waals surface area contributed by atoms with Gasteiger partial charge in [-0.2, -0.15) is 0 Å². The van der Waals surface area contributed by atoms with Gasteiger partial charge in [0.2, 0.25) is 5.91 Å². The Hall–Kier alpha value is -1.46. The minimum absolute atomic E-state index is 0.119. The van der Waals surface area contributed by atoms with Gasteiger partial charge in [0.15, 0.2) is 0 Å². The number of rotatable bonds is 4. The molecule has 1 saturated carbocycles. The Balaban J connectivity index is 1.61. The lowest BCUT2D eigenvalue weighted by molar-refractivity contribution is -0.138. The van der Waals surface area contributed by atoms with Gasteiger partial charge in [-0.05, 0) is 37.0 Å². The Morgan fingerprint density at radius 1 is 1.48 bits per heavy atom. The molecule has 2 aliphatic rings. The van der Waals surface area contributed by atoms with Crippen LogP contribution in [0.15, 0.2) is 18.2 Å². The lowest BCUT2D eigenvalue weighted by Gasteiger charge is -2.33. The van der Waals surface area contributed by atoms with Crippen molar-refractivity contribution in [1.82, 2.24) is 10.2 Å². The first-order valence-electron chi connectivity index (χ1n) is 7.52. The molecule has 1 unspecified atom stereocenters. The van der Waals surface area contributed by atoms with Crippen molar-refractivity contribution in [3.8, 4) is 0 Å². The zero-order valence-electron chi connectivity index (χ0n) is 12.3. The van der Waals surface area contributed by atoms with Crippen LogP contribution in [0.1, 0.15) is 30.1 Å². The quantitative estimate of drug-likeness (QED) is 0.920. The fourth-order valence-corrected chi connectivity index (χ4v) is 2.58. The Bertz CT molecular complexity index is 531. The van der Waals surface area contributed by atoms with Crippen molar-refractivity contribution < 1.29 is 13.9 Å². The highest BCUT2D eigenvalue weighted by Crippen LogP contribution is 2.24. The molecule has 1 amide bonds. The van der Waals surface area contributed by atoms with Crippen molar-refractivity contribution >= 4 is 5.91 Å². The molecule has 2 fully saturated rings. The van der Waals surface area contributed by atoms with Gasteiger partial charge in [0.05, 0.1) is 19.7 Å². The molecule has 0 spiro atoms. The maximum absolute atomic E-state index is 13.3. The van der Waals surface area contributed by atoms with E-state index in [1.54, 1.807) is 19.1 Å². The molecule has 4 nitrogen and oxygen atoms in total. The number of halogens is 1. The van der Waals surface area contributed by atoms with Gasteiger partial charge in [0, 0.05) is 12.6 Å². The summed E-state index contributed by atoms with van der Waals surface area (Å²) in [5.74, 6) is -0.0924. The minimum atomic E-state index is -0.212. The van der Waals surface area contributed by atoms with Crippen LogP contribution in [0, 0.1) is 12.7 Å². The largest absolute Gasteiger partial charge is 0.370 e. The Morgan fingerprint density at radius 2 is 2.29 bits per heavy atom. The van der Waals surface area contributed by atoms with E-state index in [2.05, 4.69) is 5.32 Å². The standard InChI is InChI=1S/C16H21FN2O2/c1-11-8-12(2-5-14(11)17)15-10-19(6-7-21-15)16(20)9-18-13-3-4-13/h2,5,8,13,15,18H,3-4,6-7,9-10H2,1H3. The normalized spacial score (nSPS) is 22.4. The van der Waals surface area contributed by atoms with E-state index in [0.29, 0.717) is 37.8 Å². The van der Waals surface area contributed by atoms with Crippen molar-refractivity contribution in [3.63, 3.8) is 0 Å². The maximum atomic E-state index is 13.3. The van der Waals surface area contributed by atoms with Crippen LogP contribution in [-0.4, -0.2) is 43.1 Å². The number of aryl methyl sites for hydroxylation is 1. The van der Waals surface area contributed by atoms with E-state index in [1.165, 1.54) is 18.9 Å². The fraction of sp³-hybridized carbons (Fsp3) is 0.562. The molecule has 1 aromatic rings. The van der Waals surface area contributed by atoms with Crippen molar-refractivity contribution in [2.75, 3.05) is 26.2 Å². The summed E-state index contributed by atoms with van der Waals surface area (Å²) in [4.78, 5) is 14.0. The summed E-state index contributed by atoms with van der Waals surface area (Å²) >= 11 is 0. The van der Waals surface area contributed by atoms with Gasteiger partial charge < -0.3 is 15.0 Å². The van der Waals surface area contributed by atoms with Gasteiger partial charge in [-0.15, -0.1) is 0 Å². The van der Waals surface area contributed by atoms with Crippen molar-refractivity contribution in [1.29, 1.82) is 0 Å². The summed E-state index contributed by atoms with van der Waals surface area (Å²) in [7, 11) is 0. The Labute approximate surface area is 124 Å². The molecule has 5 heteroatoms. The van der Waals surface area contributed by atoms with Gasteiger partial charge >= 0.3 is 0 Å². The number of amides is 1. The number of ether oxygens (including phenoxy) is 1. The second-order valence-corrected chi connectivity index (χ2v) is 5.86. The summed E-state index contributed by atoms with van der Waals surface area (Å²) in [6.07, 6.45) is 2.18. The molecule has 1 aromatic carbocycles. The zero-order valence-corrected chi connectivity index (χ0v) is 12.3. The van der Waals surface area contributed by atoms with Crippen LogP contribution in [0.25, 0.3) is 0 Å². The molecule has 1 N–H and O–H groups in total. The SMILES string of the molecule is Cc1cc(C2CN(C(=O)CNC3CC3)CCO2)ccc1F. The first-order valence-corrected chi connectivity index (χ1v) is 7.52. The molecular formula is C16H21FN2O2. The van der Waals surface area contributed by atoms with Crippen LogP contribution in [0.2, 0.25) is 0 Å². The maximum Gasteiger partial charge on any atom is 0.236 e. The Kier molecular flexibility index (Phi) is 4.22. The summed E-state index contributed by atoms with van der Waals surface area (Å²) in [5.41, 5.74) is 1.54. The van der Waals surface area contributed by atoms with E-state index in [0.717, 1.165) is 5.56 Å². The van der Waals surface area contributed by atoms with Gasteiger partial charge in [0.25, 0.3) is 0 Å². The molecule has 1 atom stereocenters. The number of carbonyl (C=O) groups excluding carboxylic acids is 1. The number of hydrogen-bond donors (Lipinski definition) is 1. The highest BCUT2D eigenvalue weighted by molar-refractivity contribution is 5.78. The van der Waals surface area contributed by atoms with Gasteiger partial charge in [-0.25, -0.2) is 4.39 Å². The summed E-state index contributed by atoms with van der Waals surface area (Å²) in [5, 5.41) is 3.24. The number of carbonyl (C=O) groups is 1. The number of benzene rings is 1. The third kappa shape index (κ3) is 3.60. The zero-order chi connectivity index (χ0) is 14.8. The second kappa shape index (κ2) is 6.12. The molecule has 114 valence electrons. The number of morpholine rings is 1. The molecule has 0 bridgehead atoms. The first kappa shape index (κ1) is 14.5. The predicted molar refractivity (Wildman–Crippen MR) is 77.4 cm³/mol. The van der Waals surface area contributed by atoms with Crippen LogP contribution in [0.5, 0.6) is 0 Å². The number of nitrogens with zero attached hydrogens (tertiary/aromatic N) is 1. The van der Waals surface area contributed by atoms with Crippen LogP contribution >= 0.6 is 0 Å². The molecule has 1 heterocycles. The van der Waals surface area contributed by atoms with Gasteiger partial charge in [-0.3, -0.25) is 4.79 Å². The van der Waals surface area contributed by atoms with Crippen LogP contribution in [0.4, 0.5) is 4.39 Å². The van der Waals surface area contributed by atoms with Crippen LogP contribution in [0.3, 0.4) is 0 Å². The van der Waals surface area contributed by atoms with Crippen LogP contribution < -0.4 is 5.32 Å². The van der Waals surface area contributed by atoms with E-state index in [1.807, 2.05) is 4.90 Å². The molecule has 21 heavy (non-hydrogen) atoms. The number of hydrogen-bond acceptors (Lipinski definition) is 3. The number of nitrogens with one attached hydrogen (secondary N) is 1. The van der Waals surface area contributed by atoms with E-state index in [4.69, 9.17) is 4.74 Å². The summed E-state index contributed by atoms with van der Waals surface area (Å²) in [6, 6.07) is 5.54. The summed E-state index contributed by atoms with van der Waals surface area (Å²) in [6.45, 7) is 3.83. The van der Waals surface area contributed by atoms with Crippen molar-refractivity contribution in [2.45, 2.75) is 31.9 Å². The summed E-state index contributed by atoms with van der Waals surface area (Å²) < 4.78 is 19.1. The average molecular weight is 292 g/mol. The van der Waals surface area contributed by atoms with E-state index in [9.17, 15) is 9.18 Å². The molecule has 3 rings (SSSR count). The van der Waals surface area contributed by atoms with Gasteiger partial charge in [-0.1, -0.05) is 12.1 Å². The van der Waals surface area contributed by atoms with E-state index in [-0.39, 0.29) is 17.8 Å². The molecule has 1 saturated heterocycles. The average Bonchev–Trinajstić information content (AvgIpc) is 3.32. The van der Waals surface area contributed by atoms with Crippen molar-refractivity contribution in [3.05, 3.63) is 35.1 Å². The molecule has 0 radical (unpaired) electrons. The van der Waals surface area contributed by atoms with Gasteiger partial charge in [0.1, 0.15) is 11.9 Å². The fourth-order valence-electron chi connectivity index (χ4n) is 2.58. The smallest absolute Gasteiger partial charge is 0.236 e. The van der Waals surface area contributed by atoms with E-state index >= 15 is 0 Å². The monoisotopic (exact) mass is 292 g/mol. The third-order valence-electron chi connectivity index (χ3n) is 4.09. The highest BCUT2D eigenvalue weighted by Gasteiger charge is 2.27. The minimum Gasteiger partial charge on any atom is -0.370 e. The topological polar surface area (TPSA) is 41.6 Å². The van der Waals surface area contributed by atoms with E-state index < -0.39 is 0 Å². The lowest BCUT2D eigenvalue weighted by atomic mass is 10.0. The molecule has 0 aromatic heterocycles. The molecule has 1 aliphatic carbocycles. The Morgan fingerprint density at radius 3 is 3.00 bits per heavy atom. The second-order valence-electron chi connectivity index (χ2n) is 5.86. The molecular weight excluding hydrogens is 271 g/mol. The van der Waals surface area contributed by atoms with Crippen LogP contribution in [-0.2, 0) is 9.53 Å². The first-order chi connectivity index (χ1) is 10.1. The van der Waals surface area contributed by atoms with Crippen molar-refractivity contribution in [2.24, 2.45) is 0 Å².